The van der Waals surface area contributed by atoms with Gasteiger partial charge < -0.3 is 0 Å². The molecule has 0 saturated heterocycles. The Balaban J connectivity index is 2.19. The zero-order valence-corrected chi connectivity index (χ0v) is 13.1. The molecule has 1 nitrogen and oxygen atoms in total. The van der Waals surface area contributed by atoms with Gasteiger partial charge in [0, 0.05) is 10.9 Å². The van der Waals surface area contributed by atoms with Crippen LogP contribution in [0.4, 0.5) is 4.39 Å². The zero-order chi connectivity index (χ0) is 14.7. The monoisotopic (exact) mass is 334 g/mol. The van der Waals surface area contributed by atoms with Gasteiger partial charge in [-0.05, 0) is 45.1 Å². The highest BCUT2D eigenvalue weighted by molar-refractivity contribution is 9.10. The number of carbonyl (C=O) groups is 1. The van der Waals surface area contributed by atoms with E-state index < -0.39 is 5.82 Å². The fourth-order valence-corrected chi connectivity index (χ4v) is 2.62. The SMILES string of the molecule is CC(C)c1ccc(CC(=O)c2c(F)cccc2Br)cc1. The normalized spacial score (nSPS) is 10.8. The maximum Gasteiger partial charge on any atom is 0.171 e. The molecule has 0 heterocycles. The number of carbonyl (C=O) groups excluding carboxylic acids is 1. The van der Waals surface area contributed by atoms with Crippen LogP contribution < -0.4 is 0 Å². The predicted molar refractivity (Wildman–Crippen MR) is 82.7 cm³/mol. The average Bonchev–Trinajstić information content (AvgIpc) is 2.39. The number of hydrogen-bond acceptors (Lipinski definition) is 1. The van der Waals surface area contributed by atoms with Gasteiger partial charge in [-0.25, -0.2) is 4.39 Å². The molecular weight excluding hydrogens is 319 g/mol. The summed E-state index contributed by atoms with van der Waals surface area (Å²) < 4.78 is 14.2. The van der Waals surface area contributed by atoms with Crippen molar-refractivity contribution in [3.05, 3.63) is 69.4 Å². The third-order valence-electron chi connectivity index (χ3n) is 3.25. The highest BCUT2D eigenvalue weighted by Crippen LogP contribution is 2.22. The average molecular weight is 335 g/mol. The number of Topliss-reactive ketones (excluding diaryl/α,β-unsaturated/α-hetero) is 1. The summed E-state index contributed by atoms with van der Waals surface area (Å²) in [6, 6.07) is 12.5. The first kappa shape index (κ1) is 14.9. The van der Waals surface area contributed by atoms with E-state index >= 15 is 0 Å². The van der Waals surface area contributed by atoms with Crippen LogP contribution in [0.15, 0.2) is 46.9 Å². The third-order valence-corrected chi connectivity index (χ3v) is 3.91. The smallest absolute Gasteiger partial charge is 0.171 e. The van der Waals surface area contributed by atoms with E-state index in [0.29, 0.717) is 10.4 Å². The van der Waals surface area contributed by atoms with E-state index in [0.717, 1.165) is 5.56 Å². The zero-order valence-electron chi connectivity index (χ0n) is 11.5. The molecule has 2 aromatic carbocycles. The van der Waals surface area contributed by atoms with E-state index in [1.54, 1.807) is 12.1 Å². The van der Waals surface area contributed by atoms with Gasteiger partial charge in [0.15, 0.2) is 5.78 Å². The van der Waals surface area contributed by atoms with Crippen LogP contribution in [-0.4, -0.2) is 5.78 Å². The van der Waals surface area contributed by atoms with E-state index in [2.05, 4.69) is 29.8 Å². The van der Waals surface area contributed by atoms with Gasteiger partial charge in [-0.3, -0.25) is 4.79 Å². The topological polar surface area (TPSA) is 17.1 Å². The van der Waals surface area contributed by atoms with Crippen LogP contribution in [0.2, 0.25) is 0 Å². The fourth-order valence-electron chi connectivity index (χ4n) is 2.06. The van der Waals surface area contributed by atoms with Crippen molar-refractivity contribution in [2.45, 2.75) is 26.2 Å². The van der Waals surface area contributed by atoms with Gasteiger partial charge in [0.05, 0.1) is 5.56 Å². The minimum atomic E-state index is -0.483. The molecule has 0 radical (unpaired) electrons. The summed E-state index contributed by atoms with van der Waals surface area (Å²) in [4.78, 5) is 12.2. The first-order valence-corrected chi connectivity index (χ1v) is 7.34. The van der Waals surface area contributed by atoms with E-state index in [4.69, 9.17) is 0 Å². The van der Waals surface area contributed by atoms with Crippen LogP contribution in [0.5, 0.6) is 0 Å². The summed E-state index contributed by atoms with van der Waals surface area (Å²) in [6.45, 7) is 4.24. The molecule has 0 unspecified atom stereocenters. The van der Waals surface area contributed by atoms with E-state index in [9.17, 15) is 9.18 Å². The van der Waals surface area contributed by atoms with Crippen molar-refractivity contribution in [1.29, 1.82) is 0 Å². The molecule has 0 fully saturated rings. The van der Waals surface area contributed by atoms with Crippen molar-refractivity contribution in [3.63, 3.8) is 0 Å². The van der Waals surface area contributed by atoms with Crippen molar-refractivity contribution in [2.24, 2.45) is 0 Å². The maximum atomic E-state index is 13.7. The fraction of sp³-hybridized carbons (Fsp3) is 0.235. The summed E-state index contributed by atoms with van der Waals surface area (Å²) in [5, 5.41) is 0. The minimum Gasteiger partial charge on any atom is -0.294 e. The lowest BCUT2D eigenvalue weighted by Crippen LogP contribution is -2.07. The van der Waals surface area contributed by atoms with E-state index in [1.165, 1.54) is 11.6 Å². The van der Waals surface area contributed by atoms with E-state index in [-0.39, 0.29) is 17.8 Å². The molecule has 2 aromatic rings. The Morgan fingerprint density at radius 2 is 1.80 bits per heavy atom. The van der Waals surface area contributed by atoms with E-state index in [1.807, 2.05) is 24.3 Å². The van der Waals surface area contributed by atoms with Crippen LogP contribution in [0.1, 0.15) is 41.3 Å². The molecule has 2 rings (SSSR count). The molecule has 0 spiro atoms. The molecule has 0 aliphatic rings. The largest absolute Gasteiger partial charge is 0.294 e. The third kappa shape index (κ3) is 3.34. The summed E-state index contributed by atoms with van der Waals surface area (Å²) >= 11 is 3.23. The molecule has 0 atom stereocenters. The second-order valence-corrected chi connectivity index (χ2v) is 5.95. The van der Waals surface area contributed by atoms with Crippen LogP contribution in [0.3, 0.4) is 0 Å². The number of rotatable bonds is 4. The van der Waals surface area contributed by atoms with Crippen molar-refractivity contribution in [2.75, 3.05) is 0 Å². The second-order valence-electron chi connectivity index (χ2n) is 5.09. The Morgan fingerprint density at radius 3 is 2.35 bits per heavy atom. The lowest BCUT2D eigenvalue weighted by Gasteiger charge is -2.08. The van der Waals surface area contributed by atoms with Crippen LogP contribution in [-0.2, 0) is 6.42 Å². The minimum absolute atomic E-state index is 0.125. The lowest BCUT2D eigenvalue weighted by atomic mass is 9.98. The van der Waals surface area contributed by atoms with Crippen molar-refractivity contribution in [3.8, 4) is 0 Å². The number of hydrogen-bond donors (Lipinski definition) is 0. The Morgan fingerprint density at radius 1 is 1.15 bits per heavy atom. The van der Waals surface area contributed by atoms with Crippen LogP contribution in [0, 0.1) is 5.82 Å². The molecule has 0 aromatic heterocycles. The number of ketones is 1. The first-order valence-electron chi connectivity index (χ1n) is 6.55. The molecule has 20 heavy (non-hydrogen) atoms. The maximum absolute atomic E-state index is 13.7. The standard InChI is InChI=1S/C17H16BrFO/c1-11(2)13-8-6-12(7-9-13)10-16(20)17-14(18)4-3-5-15(17)19/h3-9,11H,10H2,1-2H3. The van der Waals surface area contributed by atoms with Gasteiger partial charge in [0.1, 0.15) is 5.82 Å². The van der Waals surface area contributed by atoms with Crippen LogP contribution >= 0.6 is 15.9 Å². The van der Waals surface area contributed by atoms with Gasteiger partial charge in [-0.15, -0.1) is 0 Å². The Hall–Kier alpha value is -1.48. The molecule has 104 valence electrons. The summed E-state index contributed by atoms with van der Waals surface area (Å²) in [5.41, 5.74) is 2.25. The molecule has 0 saturated carbocycles. The number of halogens is 2. The number of benzene rings is 2. The van der Waals surface area contributed by atoms with Gasteiger partial charge in [-0.2, -0.15) is 0 Å². The Labute approximate surface area is 127 Å². The molecule has 0 aliphatic heterocycles. The quantitative estimate of drug-likeness (QED) is 0.707. The molecule has 0 bridgehead atoms. The van der Waals surface area contributed by atoms with Crippen molar-refractivity contribution < 1.29 is 9.18 Å². The first-order chi connectivity index (χ1) is 9.49. The Bertz CT molecular complexity index is 597. The summed E-state index contributed by atoms with van der Waals surface area (Å²) in [5.74, 6) is -0.240. The molecular formula is C17H16BrFO. The van der Waals surface area contributed by atoms with Gasteiger partial charge >= 0.3 is 0 Å². The lowest BCUT2D eigenvalue weighted by molar-refractivity contribution is 0.0988. The van der Waals surface area contributed by atoms with Crippen LogP contribution in [0.25, 0.3) is 0 Å². The molecule has 0 aliphatic carbocycles. The molecule has 3 heteroatoms. The van der Waals surface area contributed by atoms with Crippen molar-refractivity contribution >= 4 is 21.7 Å². The Kier molecular flexibility index (Phi) is 4.71. The van der Waals surface area contributed by atoms with Gasteiger partial charge in [-0.1, -0.05) is 44.2 Å². The molecule has 0 N–H and O–H groups in total. The highest BCUT2D eigenvalue weighted by Gasteiger charge is 2.15. The van der Waals surface area contributed by atoms with Crippen molar-refractivity contribution in [1.82, 2.24) is 0 Å². The summed E-state index contributed by atoms with van der Waals surface area (Å²) in [7, 11) is 0. The second kappa shape index (κ2) is 6.31. The molecule has 0 amide bonds. The van der Waals surface area contributed by atoms with Gasteiger partial charge in [0.25, 0.3) is 0 Å². The highest BCUT2D eigenvalue weighted by atomic mass is 79.9. The summed E-state index contributed by atoms with van der Waals surface area (Å²) in [6.07, 6.45) is 0.206. The van der Waals surface area contributed by atoms with Gasteiger partial charge in [0.2, 0.25) is 0 Å². The predicted octanol–water partition coefficient (Wildman–Crippen LogP) is 5.14.